The van der Waals surface area contributed by atoms with E-state index in [1.54, 1.807) is 35.2 Å². The number of amides is 4. The van der Waals surface area contributed by atoms with E-state index in [1.807, 2.05) is 91.8 Å². The Morgan fingerprint density at radius 2 is 1.51 bits per heavy atom. The molecule has 4 amide bonds. The standard InChI is InChI=1S/C48H64N8O8S/c1-30-26-39(65(61,62)55-38-22-24-56(25-23-38)46(60)64-48(6,7)8)20-21-40(30)36-11-9-10-33(27-36)28-41(44(58)51-37-18-16-34(17-19-37)42-50-31(2)53-54-42)52-43(57)35-14-12-32(13-15-35)29-49-45(59)63-47(3,4)5/h9-11,16-21,26-27,32,35,38,41,55H,12-15,22-25,28-29H2,1-8H3,(H,49,59)(H,51,58)(H,52,57)(H,50,53,54). The molecule has 3 aromatic carbocycles. The number of nitrogens with zero attached hydrogens (tertiary/aromatic N) is 3. The normalized spacial score (nSPS) is 17.8. The van der Waals surface area contributed by atoms with Gasteiger partial charge in [0, 0.05) is 49.3 Å². The summed E-state index contributed by atoms with van der Waals surface area (Å²) in [7, 11) is -3.86. The van der Waals surface area contributed by atoms with Crippen molar-refractivity contribution in [2.24, 2.45) is 11.8 Å². The number of piperidine rings is 1. The van der Waals surface area contributed by atoms with Crippen molar-refractivity contribution in [1.82, 2.24) is 35.4 Å². The van der Waals surface area contributed by atoms with Gasteiger partial charge in [-0.1, -0.05) is 30.3 Å². The van der Waals surface area contributed by atoms with E-state index in [9.17, 15) is 27.6 Å². The highest BCUT2D eigenvalue weighted by atomic mass is 32.2. The number of alkyl carbamates (subject to hydrolysis) is 1. The van der Waals surface area contributed by atoms with Gasteiger partial charge in [0.2, 0.25) is 21.8 Å². The van der Waals surface area contributed by atoms with Crippen LogP contribution in [0.25, 0.3) is 22.5 Å². The Morgan fingerprint density at radius 3 is 2.12 bits per heavy atom. The number of carbonyl (C=O) groups is 4. The van der Waals surface area contributed by atoms with Crippen molar-refractivity contribution in [3.63, 3.8) is 0 Å². The largest absolute Gasteiger partial charge is 0.444 e. The Morgan fingerprint density at radius 1 is 0.831 bits per heavy atom. The lowest BCUT2D eigenvalue weighted by atomic mass is 9.81. The van der Waals surface area contributed by atoms with Gasteiger partial charge in [-0.2, -0.15) is 5.10 Å². The van der Waals surface area contributed by atoms with Crippen LogP contribution >= 0.6 is 0 Å². The Bertz CT molecular complexity index is 2430. The monoisotopic (exact) mass is 912 g/mol. The van der Waals surface area contributed by atoms with Crippen LogP contribution < -0.4 is 20.7 Å². The molecule has 16 nitrogen and oxygen atoms in total. The van der Waals surface area contributed by atoms with Crippen molar-refractivity contribution in [2.45, 2.75) is 129 Å². The van der Waals surface area contributed by atoms with Gasteiger partial charge in [-0.05, 0) is 158 Å². The molecule has 4 aromatic rings. The topological polar surface area (TPSA) is 214 Å². The number of anilines is 1. The van der Waals surface area contributed by atoms with Crippen molar-refractivity contribution in [3.05, 3.63) is 83.7 Å². The van der Waals surface area contributed by atoms with Gasteiger partial charge in [0.1, 0.15) is 23.1 Å². The average molecular weight is 913 g/mol. The molecule has 17 heteroatoms. The molecule has 0 radical (unpaired) electrons. The summed E-state index contributed by atoms with van der Waals surface area (Å²) in [5, 5.41) is 15.9. The van der Waals surface area contributed by atoms with Gasteiger partial charge in [0.05, 0.1) is 4.90 Å². The summed E-state index contributed by atoms with van der Waals surface area (Å²) < 4.78 is 40.8. The number of rotatable bonds is 13. The summed E-state index contributed by atoms with van der Waals surface area (Å²) in [6.45, 7) is 15.8. The first-order chi connectivity index (χ1) is 30.6. The predicted octanol–water partition coefficient (Wildman–Crippen LogP) is 7.43. The quantitative estimate of drug-likeness (QED) is 0.0895. The van der Waals surface area contributed by atoms with E-state index < -0.39 is 39.5 Å². The number of aromatic amines is 1. The highest BCUT2D eigenvalue weighted by Gasteiger charge is 2.32. The summed E-state index contributed by atoms with van der Waals surface area (Å²) in [4.78, 5) is 58.8. The highest BCUT2D eigenvalue weighted by Crippen LogP contribution is 2.31. The van der Waals surface area contributed by atoms with Gasteiger partial charge in [0.25, 0.3) is 0 Å². The van der Waals surface area contributed by atoms with Crippen LogP contribution in [0.1, 0.15) is 97.0 Å². The number of hydrogen-bond acceptors (Lipinski definition) is 10. The number of aromatic nitrogens is 3. The van der Waals surface area contributed by atoms with Crippen molar-refractivity contribution >= 4 is 39.7 Å². The predicted molar refractivity (Wildman–Crippen MR) is 248 cm³/mol. The van der Waals surface area contributed by atoms with Crippen LogP contribution in [0, 0.1) is 25.7 Å². The summed E-state index contributed by atoms with van der Waals surface area (Å²) >= 11 is 0. The highest BCUT2D eigenvalue weighted by molar-refractivity contribution is 7.89. The molecule has 0 spiro atoms. The lowest BCUT2D eigenvalue weighted by Crippen LogP contribution is -2.48. The van der Waals surface area contributed by atoms with Crippen LogP contribution in [0.15, 0.2) is 71.6 Å². The maximum atomic E-state index is 14.1. The minimum Gasteiger partial charge on any atom is -0.444 e. The molecule has 350 valence electrons. The molecular weight excluding hydrogens is 849 g/mol. The maximum absolute atomic E-state index is 14.1. The third-order valence-corrected chi connectivity index (χ3v) is 13.0. The van der Waals surface area contributed by atoms with E-state index in [0.717, 1.165) is 40.7 Å². The molecular formula is C48H64N8O8S. The van der Waals surface area contributed by atoms with Gasteiger partial charge < -0.3 is 30.3 Å². The third kappa shape index (κ3) is 14.1. The van der Waals surface area contributed by atoms with Gasteiger partial charge in [-0.15, -0.1) is 0 Å². The molecule has 1 atom stereocenters. The lowest BCUT2D eigenvalue weighted by Gasteiger charge is -2.33. The Kier molecular flexibility index (Phi) is 15.4. The van der Waals surface area contributed by atoms with Crippen LogP contribution in [0.3, 0.4) is 0 Å². The molecule has 2 aliphatic rings. The Hall–Kier alpha value is -5.81. The Labute approximate surface area is 382 Å². The second kappa shape index (κ2) is 20.6. The fraction of sp³-hybridized carbons (Fsp3) is 0.500. The molecule has 2 heterocycles. The zero-order valence-electron chi connectivity index (χ0n) is 38.7. The molecule has 1 saturated heterocycles. The first-order valence-electron chi connectivity index (χ1n) is 22.4. The van der Waals surface area contributed by atoms with Crippen molar-refractivity contribution in [2.75, 3.05) is 25.0 Å². The smallest absolute Gasteiger partial charge is 0.410 e. The van der Waals surface area contributed by atoms with Crippen LogP contribution in [0.5, 0.6) is 0 Å². The number of benzene rings is 3. The number of nitrogens with one attached hydrogen (secondary N) is 5. The first-order valence-corrected chi connectivity index (χ1v) is 23.9. The minimum atomic E-state index is -3.86. The number of hydrogen-bond donors (Lipinski definition) is 5. The van der Waals surface area contributed by atoms with Crippen molar-refractivity contribution < 1.29 is 37.1 Å². The van der Waals surface area contributed by atoms with Gasteiger partial charge in [-0.3, -0.25) is 14.7 Å². The second-order valence-electron chi connectivity index (χ2n) is 19.2. The van der Waals surface area contributed by atoms with Gasteiger partial charge in [0.15, 0.2) is 5.82 Å². The van der Waals surface area contributed by atoms with E-state index in [1.165, 1.54) is 0 Å². The van der Waals surface area contributed by atoms with Gasteiger partial charge >= 0.3 is 12.2 Å². The van der Waals surface area contributed by atoms with E-state index in [4.69, 9.17) is 9.47 Å². The maximum Gasteiger partial charge on any atom is 0.410 e. The molecule has 2 fully saturated rings. The number of H-pyrrole nitrogens is 1. The number of aryl methyl sites for hydroxylation is 2. The van der Waals surface area contributed by atoms with Crippen LogP contribution in [-0.4, -0.2) is 95.4 Å². The zero-order valence-corrected chi connectivity index (χ0v) is 39.6. The SMILES string of the molecule is Cc1nc(-c2ccc(NC(=O)C(Cc3cccc(-c4ccc(S(=O)(=O)NC5CCN(C(=O)OC(C)(C)C)CC5)cc4C)c3)NC(=O)C3CCC(CNC(=O)OC(C)(C)C)CC3)cc2)n[nH]1. The van der Waals surface area contributed by atoms with Crippen LogP contribution in [0.2, 0.25) is 0 Å². The summed E-state index contributed by atoms with van der Waals surface area (Å²) in [6.07, 6.45) is 2.98. The zero-order chi connectivity index (χ0) is 47.1. The van der Waals surface area contributed by atoms with Crippen molar-refractivity contribution in [1.29, 1.82) is 0 Å². The molecule has 1 saturated carbocycles. The molecule has 1 unspecified atom stereocenters. The van der Waals surface area contributed by atoms with E-state index in [0.29, 0.717) is 62.7 Å². The molecule has 1 aliphatic carbocycles. The van der Waals surface area contributed by atoms with Gasteiger partial charge in [-0.25, -0.2) is 27.7 Å². The lowest BCUT2D eigenvalue weighted by molar-refractivity contribution is -0.130. The second-order valence-corrected chi connectivity index (χ2v) is 20.9. The number of likely N-dealkylation sites (tertiary alicyclic amines) is 1. The number of ether oxygens (including phenoxy) is 2. The average Bonchev–Trinajstić information content (AvgIpc) is 3.68. The Balaban J connectivity index is 1.12. The third-order valence-electron chi connectivity index (χ3n) is 11.4. The minimum absolute atomic E-state index is 0.140. The number of sulfonamides is 1. The fourth-order valence-electron chi connectivity index (χ4n) is 8.10. The van der Waals surface area contributed by atoms with E-state index in [2.05, 4.69) is 35.9 Å². The van der Waals surface area contributed by atoms with Crippen LogP contribution in [-0.2, 0) is 35.5 Å². The summed E-state index contributed by atoms with van der Waals surface area (Å²) in [6, 6.07) is 18.6. The molecule has 1 aliphatic heterocycles. The fourth-order valence-corrected chi connectivity index (χ4v) is 9.49. The van der Waals surface area contributed by atoms with E-state index >= 15 is 0 Å². The molecule has 65 heavy (non-hydrogen) atoms. The molecule has 6 rings (SSSR count). The van der Waals surface area contributed by atoms with E-state index in [-0.39, 0.29) is 41.0 Å². The molecule has 0 bridgehead atoms. The summed E-state index contributed by atoms with van der Waals surface area (Å²) in [5.74, 6) is 0.555. The van der Waals surface area contributed by atoms with Crippen LogP contribution in [0.4, 0.5) is 15.3 Å². The first kappa shape index (κ1) is 48.6. The van der Waals surface area contributed by atoms with Crippen molar-refractivity contribution in [3.8, 4) is 22.5 Å². The summed E-state index contributed by atoms with van der Waals surface area (Å²) in [5.41, 5.74) is 3.31. The number of carbonyl (C=O) groups excluding carboxylic acids is 4. The molecule has 1 aromatic heterocycles. The molecule has 5 N–H and O–H groups in total.